The summed E-state index contributed by atoms with van der Waals surface area (Å²) in [5.74, 6) is 0.281. The van der Waals surface area contributed by atoms with E-state index in [1.807, 2.05) is 6.92 Å². The summed E-state index contributed by atoms with van der Waals surface area (Å²) in [5, 5.41) is -0.00440. The summed E-state index contributed by atoms with van der Waals surface area (Å²) in [6, 6.07) is 4.88. The normalized spacial score (nSPS) is 27.6. The van der Waals surface area contributed by atoms with Crippen LogP contribution >= 0.6 is 11.6 Å². The molecular weight excluding hydrogens is 243 g/mol. The zero-order valence-corrected chi connectivity index (χ0v) is 10.7. The Morgan fingerprint density at radius 1 is 1.47 bits per heavy atom. The molecular formula is C13H16ClFO2. The van der Waals surface area contributed by atoms with Gasteiger partial charge in [-0.2, -0.15) is 0 Å². The Morgan fingerprint density at radius 2 is 2.24 bits per heavy atom. The summed E-state index contributed by atoms with van der Waals surface area (Å²) in [6.45, 7) is 4.25. The molecule has 0 saturated heterocycles. The van der Waals surface area contributed by atoms with Gasteiger partial charge in [0.25, 0.3) is 0 Å². The van der Waals surface area contributed by atoms with Gasteiger partial charge in [-0.3, -0.25) is 0 Å². The van der Waals surface area contributed by atoms with Crippen molar-refractivity contribution in [3.8, 4) is 5.75 Å². The first-order valence-corrected chi connectivity index (χ1v) is 6.24. The molecule has 0 N–H and O–H groups in total. The van der Waals surface area contributed by atoms with Crippen molar-refractivity contribution in [2.45, 2.75) is 37.9 Å². The molecule has 17 heavy (non-hydrogen) atoms. The van der Waals surface area contributed by atoms with Gasteiger partial charge < -0.3 is 9.47 Å². The Hall–Kier alpha value is -0.800. The molecule has 0 amide bonds. The Bertz CT molecular complexity index is 397. The third kappa shape index (κ3) is 2.72. The van der Waals surface area contributed by atoms with Crippen LogP contribution in [0.25, 0.3) is 0 Å². The van der Waals surface area contributed by atoms with E-state index in [0.29, 0.717) is 17.9 Å². The standard InChI is InChI=1S/C13H16ClFO2/c1-3-16-13-10(14)7-12(13)17-9-5-4-8(2)11(15)6-9/h4-6,10,12-13H,3,7H2,1-2H3. The first-order chi connectivity index (χ1) is 8.11. The smallest absolute Gasteiger partial charge is 0.129 e. The number of ether oxygens (including phenoxy) is 2. The molecule has 1 aromatic carbocycles. The fraction of sp³-hybridized carbons (Fsp3) is 0.538. The lowest BCUT2D eigenvalue weighted by molar-refractivity contribution is -0.0760. The van der Waals surface area contributed by atoms with Crippen LogP contribution in [0.5, 0.6) is 5.75 Å². The second-order valence-electron chi connectivity index (χ2n) is 4.24. The van der Waals surface area contributed by atoms with Crippen LogP contribution in [0.15, 0.2) is 18.2 Å². The Kier molecular flexibility index (Phi) is 3.89. The van der Waals surface area contributed by atoms with E-state index in [9.17, 15) is 4.39 Å². The summed E-state index contributed by atoms with van der Waals surface area (Å²) in [5.41, 5.74) is 0.613. The molecule has 0 bridgehead atoms. The Balaban J connectivity index is 1.99. The minimum atomic E-state index is -0.253. The lowest BCUT2D eigenvalue weighted by Gasteiger charge is -2.40. The highest BCUT2D eigenvalue weighted by molar-refractivity contribution is 6.21. The van der Waals surface area contributed by atoms with E-state index in [1.54, 1.807) is 19.1 Å². The predicted octanol–water partition coefficient (Wildman–Crippen LogP) is 3.30. The van der Waals surface area contributed by atoms with Gasteiger partial charge in [-0.15, -0.1) is 11.6 Å². The number of hydrogen-bond acceptors (Lipinski definition) is 2. The van der Waals surface area contributed by atoms with E-state index in [-0.39, 0.29) is 23.4 Å². The molecule has 4 heteroatoms. The van der Waals surface area contributed by atoms with Gasteiger partial charge in [-0.1, -0.05) is 6.07 Å². The van der Waals surface area contributed by atoms with Crippen LogP contribution in [-0.4, -0.2) is 24.2 Å². The fourth-order valence-corrected chi connectivity index (χ4v) is 2.28. The highest BCUT2D eigenvalue weighted by Gasteiger charge is 2.42. The number of hydrogen-bond donors (Lipinski definition) is 0. The van der Waals surface area contributed by atoms with E-state index >= 15 is 0 Å². The SMILES string of the molecule is CCOC1C(Cl)CC1Oc1ccc(C)c(F)c1. The average molecular weight is 259 g/mol. The zero-order valence-electron chi connectivity index (χ0n) is 9.95. The van der Waals surface area contributed by atoms with Crippen molar-refractivity contribution in [1.29, 1.82) is 0 Å². The average Bonchev–Trinajstić information content (AvgIpc) is 2.30. The van der Waals surface area contributed by atoms with Gasteiger partial charge in [0.1, 0.15) is 23.8 Å². The fourth-order valence-electron chi connectivity index (χ4n) is 1.87. The molecule has 0 aromatic heterocycles. The molecule has 1 aliphatic rings. The van der Waals surface area contributed by atoms with Gasteiger partial charge in [0.15, 0.2) is 0 Å². The van der Waals surface area contributed by atoms with E-state index < -0.39 is 0 Å². The molecule has 1 saturated carbocycles. The largest absolute Gasteiger partial charge is 0.487 e. The molecule has 94 valence electrons. The van der Waals surface area contributed by atoms with Crippen LogP contribution in [-0.2, 0) is 4.74 Å². The van der Waals surface area contributed by atoms with Gasteiger partial charge in [-0.05, 0) is 25.5 Å². The van der Waals surface area contributed by atoms with Crippen LogP contribution in [0.3, 0.4) is 0 Å². The second-order valence-corrected chi connectivity index (χ2v) is 4.80. The molecule has 0 aliphatic heterocycles. The first kappa shape index (κ1) is 12.7. The topological polar surface area (TPSA) is 18.5 Å². The zero-order chi connectivity index (χ0) is 12.4. The second kappa shape index (κ2) is 5.23. The summed E-state index contributed by atoms with van der Waals surface area (Å²) in [6.07, 6.45) is 0.576. The number of benzene rings is 1. The predicted molar refractivity (Wildman–Crippen MR) is 65.2 cm³/mol. The number of alkyl halides is 1. The van der Waals surface area contributed by atoms with Gasteiger partial charge in [0, 0.05) is 19.1 Å². The minimum Gasteiger partial charge on any atom is -0.487 e. The summed E-state index contributed by atoms with van der Waals surface area (Å²) < 4.78 is 24.5. The van der Waals surface area contributed by atoms with Crippen molar-refractivity contribution < 1.29 is 13.9 Å². The first-order valence-electron chi connectivity index (χ1n) is 5.80. The lowest BCUT2D eigenvalue weighted by atomic mass is 9.91. The van der Waals surface area contributed by atoms with Crippen LogP contribution in [0.4, 0.5) is 4.39 Å². The Morgan fingerprint density at radius 3 is 2.82 bits per heavy atom. The molecule has 3 unspecified atom stereocenters. The third-order valence-corrected chi connectivity index (χ3v) is 3.40. The number of rotatable bonds is 4. The van der Waals surface area contributed by atoms with Crippen molar-refractivity contribution >= 4 is 11.6 Å². The molecule has 0 heterocycles. The molecule has 1 aromatic rings. The van der Waals surface area contributed by atoms with Gasteiger partial charge in [0.2, 0.25) is 0 Å². The Labute approximate surface area is 106 Å². The highest BCUT2D eigenvalue weighted by atomic mass is 35.5. The van der Waals surface area contributed by atoms with Crippen LogP contribution in [0.2, 0.25) is 0 Å². The molecule has 1 aliphatic carbocycles. The van der Waals surface area contributed by atoms with Crippen molar-refractivity contribution in [2.24, 2.45) is 0 Å². The lowest BCUT2D eigenvalue weighted by Crippen LogP contribution is -2.52. The van der Waals surface area contributed by atoms with Crippen LogP contribution < -0.4 is 4.74 Å². The summed E-state index contributed by atoms with van der Waals surface area (Å²) >= 11 is 6.03. The van der Waals surface area contributed by atoms with Crippen molar-refractivity contribution in [3.05, 3.63) is 29.6 Å². The van der Waals surface area contributed by atoms with Crippen molar-refractivity contribution in [3.63, 3.8) is 0 Å². The minimum absolute atomic E-state index is 0.00440. The summed E-state index contributed by atoms with van der Waals surface area (Å²) in [7, 11) is 0. The van der Waals surface area contributed by atoms with E-state index in [2.05, 4.69) is 0 Å². The maximum atomic E-state index is 13.3. The number of aryl methyl sites for hydroxylation is 1. The van der Waals surface area contributed by atoms with Crippen molar-refractivity contribution in [2.75, 3.05) is 6.61 Å². The van der Waals surface area contributed by atoms with Gasteiger partial charge >= 0.3 is 0 Å². The van der Waals surface area contributed by atoms with Crippen LogP contribution in [0, 0.1) is 12.7 Å². The molecule has 1 fully saturated rings. The quantitative estimate of drug-likeness (QED) is 0.772. The third-order valence-electron chi connectivity index (χ3n) is 2.97. The van der Waals surface area contributed by atoms with E-state index in [1.165, 1.54) is 6.07 Å². The summed E-state index contributed by atoms with van der Waals surface area (Å²) in [4.78, 5) is 0. The number of halogens is 2. The molecule has 0 radical (unpaired) electrons. The molecule has 0 spiro atoms. The molecule has 3 atom stereocenters. The van der Waals surface area contributed by atoms with E-state index in [0.717, 1.165) is 6.42 Å². The monoisotopic (exact) mass is 258 g/mol. The van der Waals surface area contributed by atoms with E-state index in [4.69, 9.17) is 21.1 Å². The maximum absolute atomic E-state index is 13.3. The van der Waals surface area contributed by atoms with Crippen LogP contribution in [0.1, 0.15) is 18.9 Å². The molecule has 2 nitrogen and oxygen atoms in total. The highest BCUT2D eigenvalue weighted by Crippen LogP contribution is 2.33. The maximum Gasteiger partial charge on any atom is 0.129 e. The van der Waals surface area contributed by atoms with Gasteiger partial charge in [0.05, 0.1) is 5.38 Å². The van der Waals surface area contributed by atoms with Crippen molar-refractivity contribution in [1.82, 2.24) is 0 Å². The molecule has 2 rings (SSSR count). The van der Waals surface area contributed by atoms with Gasteiger partial charge in [-0.25, -0.2) is 4.39 Å².